The topological polar surface area (TPSA) is 32.3 Å². The first-order valence-electron chi connectivity index (χ1n) is 4.75. The molecule has 0 saturated heterocycles. The summed E-state index contributed by atoms with van der Waals surface area (Å²) >= 11 is 0. The zero-order valence-corrected chi connectivity index (χ0v) is 8.36. The van der Waals surface area contributed by atoms with Crippen molar-refractivity contribution in [3.8, 4) is 0 Å². The Hall–Kier alpha value is -1.30. The highest BCUT2D eigenvalue weighted by Crippen LogP contribution is 2.23. The summed E-state index contributed by atoms with van der Waals surface area (Å²) in [7, 11) is 0. The molecule has 6 heteroatoms. The van der Waals surface area contributed by atoms with Gasteiger partial charge in [0.25, 0.3) is 0 Å². The number of aliphatic hydroxyl groups is 1. The Kier molecular flexibility index (Phi) is 4.54. The number of benzene rings is 1. The van der Waals surface area contributed by atoms with Crippen LogP contribution in [-0.4, -0.2) is 18.3 Å². The summed E-state index contributed by atoms with van der Waals surface area (Å²) in [6.07, 6.45) is 0.877. The Morgan fingerprint density at radius 2 is 1.56 bits per heavy atom. The predicted molar refractivity (Wildman–Crippen MR) is 51.1 cm³/mol. The van der Waals surface area contributed by atoms with Crippen LogP contribution in [0.3, 0.4) is 0 Å². The van der Waals surface area contributed by atoms with E-state index in [-0.39, 0.29) is 19.2 Å². The van der Waals surface area contributed by atoms with Crippen molar-refractivity contribution in [1.82, 2.24) is 0 Å². The van der Waals surface area contributed by atoms with Gasteiger partial charge in [-0.1, -0.05) is 0 Å². The summed E-state index contributed by atoms with van der Waals surface area (Å²) in [4.78, 5) is 0. The van der Waals surface area contributed by atoms with Crippen molar-refractivity contribution in [3.63, 3.8) is 0 Å². The molecular weight excluding hydrogens is 226 g/mol. The van der Waals surface area contributed by atoms with Gasteiger partial charge in [-0.3, -0.25) is 0 Å². The number of unbranched alkanes of at least 4 members (excludes halogenated alkanes) is 1. The van der Waals surface area contributed by atoms with Crippen LogP contribution in [0.5, 0.6) is 0 Å². The second-order valence-electron chi connectivity index (χ2n) is 3.20. The Balaban J connectivity index is 2.78. The third kappa shape index (κ3) is 2.85. The highest BCUT2D eigenvalue weighted by atomic mass is 19.2. The summed E-state index contributed by atoms with van der Waals surface area (Å²) in [6, 6.07) is 0.156. The van der Waals surface area contributed by atoms with Crippen LogP contribution in [0.15, 0.2) is 6.07 Å². The second-order valence-corrected chi connectivity index (χ2v) is 3.20. The molecule has 1 rings (SSSR count). The molecule has 0 aliphatic heterocycles. The minimum atomic E-state index is -1.44. The van der Waals surface area contributed by atoms with Crippen LogP contribution in [0.25, 0.3) is 0 Å². The SMILES string of the molecule is OCCCCNc1c(F)c(F)cc(F)c1F. The van der Waals surface area contributed by atoms with Crippen LogP contribution in [0.1, 0.15) is 12.8 Å². The monoisotopic (exact) mass is 237 g/mol. The number of halogens is 4. The van der Waals surface area contributed by atoms with Gasteiger partial charge in [0.2, 0.25) is 0 Å². The van der Waals surface area contributed by atoms with Crippen molar-refractivity contribution in [2.45, 2.75) is 12.8 Å². The van der Waals surface area contributed by atoms with E-state index in [2.05, 4.69) is 5.32 Å². The van der Waals surface area contributed by atoms with Gasteiger partial charge in [-0.05, 0) is 12.8 Å². The van der Waals surface area contributed by atoms with Gasteiger partial charge in [0.05, 0.1) is 0 Å². The smallest absolute Gasteiger partial charge is 0.185 e. The standard InChI is InChI=1S/C10H11F4NO/c11-6-5-7(12)9(14)10(8(6)13)15-3-1-2-4-16/h5,15-16H,1-4H2. The van der Waals surface area contributed by atoms with Crippen molar-refractivity contribution in [1.29, 1.82) is 0 Å². The van der Waals surface area contributed by atoms with Crippen LogP contribution in [-0.2, 0) is 0 Å². The fourth-order valence-electron chi connectivity index (χ4n) is 1.18. The van der Waals surface area contributed by atoms with E-state index in [0.29, 0.717) is 12.8 Å². The lowest BCUT2D eigenvalue weighted by molar-refractivity contribution is 0.286. The lowest BCUT2D eigenvalue weighted by atomic mass is 10.2. The molecule has 0 radical (unpaired) electrons. The highest BCUT2D eigenvalue weighted by molar-refractivity contribution is 5.47. The summed E-state index contributed by atoms with van der Waals surface area (Å²) in [5.41, 5.74) is -0.810. The zero-order valence-electron chi connectivity index (χ0n) is 8.36. The molecule has 2 N–H and O–H groups in total. The summed E-state index contributed by atoms with van der Waals surface area (Å²) in [6.45, 7) is 0.0709. The molecule has 0 heterocycles. The fraction of sp³-hybridized carbons (Fsp3) is 0.400. The van der Waals surface area contributed by atoms with Crippen LogP contribution in [0.2, 0.25) is 0 Å². The second kappa shape index (κ2) is 5.69. The van der Waals surface area contributed by atoms with Crippen LogP contribution < -0.4 is 5.32 Å². The van der Waals surface area contributed by atoms with Crippen LogP contribution in [0, 0.1) is 23.3 Å². The molecule has 1 aromatic carbocycles. The normalized spacial score (nSPS) is 10.6. The van der Waals surface area contributed by atoms with Gasteiger partial charge in [-0.15, -0.1) is 0 Å². The van der Waals surface area contributed by atoms with Gasteiger partial charge >= 0.3 is 0 Å². The first-order valence-corrected chi connectivity index (χ1v) is 4.75. The molecule has 0 aliphatic rings. The largest absolute Gasteiger partial charge is 0.396 e. The molecule has 0 spiro atoms. The Bertz CT molecular complexity index is 344. The van der Waals surface area contributed by atoms with E-state index < -0.39 is 29.0 Å². The number of aliphatic hydroxyl groups excluding tert-OH is 1. The van der Waals surface area contributed by atoms with Gasteiger partial charge < -0.3 is 10.4 Å². The first kappa shape index (κ1) is 12.8. The van der Waals surface area contributed by atoms with E-state index >= 15 is 0 Å². The van der Waals surface area contributed by atoms with E-state index in [9.17, 15) is 17.6 Å². The van der Waals surface area contributed by atoms with Gasteiger partial charge in [0.1, 0.15) is 5.69 Å². The average molecular weight is 237 g/mol. The maximum absolute atomic E-state index is 13.1. The van der Waals surface area contributed by atoms with Gasteiger partial charge in [0, 0.05) is 19.2 Å². The number of rotatable bonds is 5. The summed E-state index contributed by atoms with van der Waals surface area (Å²) in [5, 5.41) is 10.7. The number of hydrogen-bond acceptors (Lipinski definition) is 2. The molecule has 0 bridgehead atoms. The Morgan fingerprint density at radius 1 is 1.00 bits per heavy atom. The van der Waals surface area contributed by atoms with E-state index in [1.807, 2.05) is 0 Å². The maximum atomic E-state index is 13.1. The van der Waals surface area contributed by atoms with Crippen LogP contribution >= 0.6 is 0 Å². The minimum Gasteiger partial charge on any atom is -0.396 e. The molecule has 0 aliphatic carbocycles. The van der Waals surface area contributed by atoms with E-state index in [1.165, 1.54) is 0 Å². The molecule has 16 heavy (non-hydrogen) atoms. The number of anilines is 1. The lowest BCUT2D eigenvalue weighted by Gasteiger charge is -2.09. The van der Waals surface area contributed by atoms with Gasteiger partial charge in [-0.2, -0.15) is 0 Å². The molecule has 0 saturated carbocycles. The third-order valence-electron chi connectivity index (χ3n) is 2.00. The maximum Gasteiger partial charge on any atom is 0.185 e. The molecule has 0 fully saturated rings. The molecule has 0 unspecified atom stereocenters. The summed E-state index contributed by atoms with van der Waals surface area (Å²) < 4.78 is 51.6. The predicted octanol–water partition coefficient (Wildman–Crippen LogP) is 2.43. The molecule has 1 aromatic rings. The van der Waals surface area contributed by atoms with Crippen molar-refractivity contribution >= 4 is 5.69 Å². The number of hydrogen-bond donors (Lipinski definition) is 2. The quantitative estimate of drug-likeness (QED) is 0.468. The van der Waals surface area contributed by atoms with Gasteiger partial charge in [0.15, 0.2) is 23.3 Å². The molecule has 90 valence electrons. The minimum absolute atomic E-state index is 0.0514. The molecule has 0 atom stereocenters. The van der Waals surface area contributed by atoms with Crippen molar-refractivity contribution in [3.05, 3.63) is 29.3 Å². The van der Waals surface area contributed by atoms with E-state index in [4.69, 9.17) is 5.11 Å². The Morgan fingerprint density at radius 3 is 2.06 bits per heavy atom. The van der Waals surface area contributed by atoms with E-state index in [1.54, 1.807) is 0 Å². The van der Waals surface area contributed by atoms with Crippen molar-refractivity contribution in [2.75, 3.05) is 18.5 Å². The van der Waals surface area contributed by atoms with E-state index in [0.717, 1.165) is 0 Å². The molecular formula is C10H11F4NO. The van der Waals surface area contributed by atoms with Crippen LogP contribution in [0.4, 0.5) is 23.2 Å². The summed E-state index contributed by atoms with van der Waals surface area (Å²) in [5.74, 6) is -5.77. The van der Waals surface area contributed by atoms with Crippen molar-refractivity contribution in [2.24, 2.45) is 0 Å². The fourth-order valence-corrected chi connectivity index (χ4v) is 1.18. The first-order chi connectivity index (χ1) is 7.57. The van der Waals surface area contributed by atoms with Gasteiger partial charge in [-0.25, -0.2) is 17.6 Å². The lowest BCUT2D eigenvalue weighted by Crippen LogP contribution is -2.09. The highest BCUT2D eigenvalue weighted by Gasteiger charge is 2.18. The molecule has 0 aromatic heterocycles. The Labute approximate surface area is 89.9 Å². The number of nitrogens with one attached hydrogen (secondary N) is 1. The molecule has 2 nitrogen and oxygen atoms in total. The third-order valence-corrected chi connectivity index (χ3v) is 2.00. The molecule has 0 amide bonds. The van der Waals surface area contributed by atoms with Crippen molar-refractivity contribution < 1.29 is 22.7 Å². The average Bonchev–Trinajstić information content (AvgIpc) is 2.25. The zero-order chi connectivity index (χ0) is 12.1.